The van der Waals surface area contributed by atoms with Gasteiger partial charge in [-0.15, -0.1) is 0 Å². The largest absolute Gasteiger partial charge is 0.265 e. The lowest BCUT2D eigenvalue weighted by Crippen LogP contribution is -1.98. The molecule has 0 spiro atoms. The Bertz CT molecular complexity index is 394. The highest BCUT2D eigenvalue weighted by atomic mass is 14.6. The summed E-state index contributed by atoms with van der Waals surface area (Å²) in [6.07, 6.45) is 4.80. The van der Waals surface area contributed by atoms with Crippen LogP contribution in [0.4, 0.5) is 0 Å². The van der Waals surface area contributed by atoms with Gasteiger partial charge in [0.2, 0.25) is 0 Å². The quantitative estimate of drug-likeness (QED) is 0.734. The number of benzene rings is 1. The van der Waals surface area contributed by atoms with E-state index in [0.717, 1.165) is 6.42 Å². The van der Waals surface area contributed by atoms with Gasteiger partial charge < -0.3 is 0 Å². The summed E-state index contributed by atoms with van der Waals surface area (Å²) in [5.74, 6) is 0.551. The molecule has 0 saturated carbocycles. The van der Waals surface area contributed by atoms with Crippen molar-refractivity contribution in [2.75, 3.05) is 0 Å². The fraction of sp³-hybridized carbons (Fsp3) is 0.214. The van der Waals surface area contributed by atoms with Gasteiger partial charge >= 0.3 is 0 Å². The third-order valence-electron chi connectivity index (χ3n) is 2.66. The summed E-state index contributed by atoms with van der Waals surface area (Å²) >= 11 is 0. The Morgan fingerprint density at radius 2 is 1.67 bits per heavy atom. The molecule has 2 rings (SSSR count). The van der Waals surface area contributed by atoms with Crippen molar-refractivity contribution in [3.8, 4) is 0 Å². The molecule has 0 aliphatic carbocycles. The van der Waals surface area contributed by atoms with E-state index in [4.69, 9.17) is 0 Å². The topological polar surface area (TPSA) is 12.9 Å². The van der Waals surface area contributed by atoms with E-state index in [9.17, 15) is 0 Å². The molecule has 1 atom stereocenters. The highest BCUT2D eigenvalue weighted by molar-refractivity contribution is 5.21. The van der Waals surface area contributed by atoms with Crippen LogP contribution in [0.25, 0.3) is 0 Å². The highest BCUT2D eigenvalue weighted by Crippen LogP contribution is 2.19. The molecule has 1 aromatic carbocycles. The van der Waals surface area contributed by atoms with Crippen LogP contribution in [0.3, 0.4) is 0 Å². The van der Waals surface area contributed by atoms with Gasteiger partial charge in [-0.2, -0.15) is 0 Å². The van der Waals surface area contributed by atoms with Crippen molar-refractivity contribution in [2.45, 2.75) is 19.3 Å². The SMILES string of the molecule is CC(Cc1ccccc1)c1ccncc1. The van der Waals surface area contributed by atoms with Gasteiger partial charge in [0.15, 0.2) is 0 Å². The molecule has 1 nitrogen and oxygen atoms in total. The van der Waals surface area contributed by atoms with Gasteiger partial charge in [0.05, 0.1) is 0 Å². The molecule has 0 bridgehead atoms. The highest BCUT2D eigenvalue weighted by Gasteiger charge is 2.05. The van der Waals surface area contributed by atoms with Gasteiger partial charge in [-0.1, -0.05) is 37.3 Å². The summed E-state index contributed by atoms with van der Waals surface area (Å²) in [7, 11) is 0. The zero-order valence-electron chi connectivity index (χ0n) is 8.93. The summed E-state index contributed by atoms with van der Waals surface area (Å²) in [5.41, 5.74) is 2.75. The van der Waals surface area contributed by atoms with Crippen LogP contribution in [0, 0.1) is 0 Å². The summed E-state index contributed by atoms with van der Waals surface area (Å²) in [6, 6.07) is 14.8. The van der Waals surface area contributed by atoms with E-state index in [1.165, 1.54) is 11.1 Å². The molecule has 1 unspecified atom stereocenters. The number of hydrogen-bond acceptors (Lipinski definition) is 1. The normalized spacial score (nSPS) is 12.3. The summed E-state index contributed by atoms with van der Waals surface area (Å²) in [5, 5.41) is 0. The van der Waals surface area contributed by atoms with Crippen LogP contribution in [-0.2, 0) is 6.42 Å². The number of pyridine rings is 1. The monoisotopic (exact) mass is 197 g/mol. The molecule has 0 N–H and O–H groups in total. The lowest BCUT2D eigenvalue weighted by Gasteiger charge is -2.11. The zero-order valence-corrected chi connectivity index (χ0v) is 8.93. The Hall–Kier alpha value is -1.63. The van der Waals surface area contributed by atoms with E-state index in [-0.39, 0.29) is 0 Å². The van der Waals surface area contributed by atoms with Crippen LogP contribution in [0.1, 0.15) is 24.0 Å². The molecule has 0 aliphatic rings. The van der Waals surface area contributed by atoms with Gasteiger partial charge in [-0.3, -0.25) is 4.98 Å². The second kappa shape index (κ2) is 4.74. The molecule has 1 heteroatoms. The fourth-order valence-corrected chi connectivity index (χ4v) is 1.78. The predicted molar refractivity (Wildman–Crippen MR) is 62.8 cm³/mol. The Morgan fingerprint density at radius 1 is 1.00 bits per heavy atom. The predicted octanol–water partition coefficient (Wildman–Crippen LogP) is 3.43. The first-order valence-corrected chi connectivity index (χ1v) is 5.30. The molecule has 0 radical (unpaired) electrons. The van der Waals surface area contributed by atoms with Gasteiger partial charge in [0.25, 0.3) is 0 Å². The third kappa shape index (κ3) is 2.66. The van der Waals surface area contributed by atoms with Gasteiger partial charge in [-0.25, -0.2) is 0 Å². The van der Waals surface area contributed by atoms with E-state index < -0.39 is 0 Å². The van der Waals surface area contributed by atoms with Crippen molar-refractivity contribution in [3.05, 3.63) is 66.0 Å². The average Bonchev–Trinajstić information content (AvgIpc) is 2.31. The van der Waals surface area contributed by atoms with Gasteiger partial charge in [0, 0.05) is 12.4 Å². The Labute approximate surface area is 90.8 Å². The molecular formula is C14H15N. The first-order valence-electron chi connectivity index (χ1n) is 5.30. The van der Waals surface area contributed by atoms with Crippen LogP contribution in [-0.4, -0.2) is 4.98 Å². The molecule has 1 aromatic heterocycles. The van der Waals surface area contributed by atoms with Crippen molar-refractivity contribution in [1.29, 1.82) is 0 Å². The summed E-state index contributed by atoms with van der Waals surface area (Å²) in [6.45, 7) is 2.25. The van der Waals surface area contributed by atoms with E-state index in [2.05, 4.69) is 54.4 Å². The molecule has 0 saturated heterocycles. The maximum atomic E-state index is 4.03. The van der Waals surface area contributed by atoms with Crippen molar-refractivity contribution in [2.24, 2.45) is 0 Å². The number of hydrogen-bond donors (Lipinski definition) is 0. The number of aromatic nitrogens is 1. The summed E-state index contributed by atoms with van der Waals surface area (Å²) < 4.78 is 0. The van der Waals surface area contributed by atoms with Crippen molar-refractivity contribution in [3.63, 3.8) is 0 Å². The Kier molecular flexibility index (Phi) is 3.13. The second-order valence-corrected chi connectivity index (χ2v) is 3.87. The zero-order chi connectivity index (χ0) is 10.5. The van der Waals surface area contributed by atoms with Gasteiger partial charge in [0.1, 0.15) is 0 Å². The first kappa shape index (κ1) is 9.91. The van der Waals surface area contributed by atoms with E-state index in [1.807, 2.05) is 12.4 Å². The molecule has 0 fully saturated rings. The molecule has 15 heavy (non-hydrogen) atoms. The lowest BCUT2D eigenvalue weighted by atomic mass is 9.95. The lowest BCUT2D eigenvalue weighted by molar-refractivity contribution is 0.757. The van der Waals surface area contributed by atoms with Crippen LogP contribution in [0.2, 0.25) is 0 Å². The van der Waals surface area contributed by atoms with E-state index in [0.29, 0.717) is 5.92 Å². The standard InChI is InChI=1S/C14H15N/c1-12(14-7-9-15-10-8-14)11-13-5-3-2-4-6-13/h2-10,12H,11H2,1H3. The average molecular weight is 197 g/mol. The second-order valence-electron chi connectivity index (χ2n) is 3.87. The van der Waals surface area contributed by atoms with Crippen LogP contribution < -0.4 is 0 Å². The fourth-order valence-electron chi connectivity index (χ4n) is 1.78. The molecule has 0 amide bonds. The van der Waals surface area contributed by atoms with Crippen molar-refractivity contribution < 1.29 is 0 Å². The van der Waals surface area contributed by atoms with E-state index >= 15 is 0 Å². The van der Waals surface area contributed by atoms with Crippen LogP contribution >= 0.6 is 0 Å². The number of nitrogens with zero attached hydrogens (tertiary/aromatic N) is 1. The molecule has 0 aliphatic heterocycles. The molecule has 1 heterocycles. The van der Waals surface area contributed by atoms with Gasteiger partial charge in [-0.05, 0) is 35.6 Å². The Balaban J connectivity index is 2.08. The first-order chi connectivity index (χ1) is 7.36. The summed E-state index contributed by atoms with van der Waals surface area (Å²) in [4.78, 5) is 4.03. The van der Waals surface area contributed by atoms with Crippen molar-refractivity contribution >= 4 is 0 Å². The Morgan fingerprint density at radius 3 is 2.33 bits per heavy atom. The maximum Gasteiger partial charge on any atom is 0.0270 e. The number of rotatable bonds is 3. The van der Waals surface area contributed by atoms with Crippen LogP contribution in [0.15, 0.2) is 54.9 Å². The van der Waals surface area contributed by atoms with E-state index in [1.54, 1.807) is 0 Å². The smallest absolute Gasteiger partial charge is 0.0270 e. The minimum absolute atomic E-state index is 0.551. The molecule has 76 valence electrons. The molecule has 2 aromatic rings. The van der Waals surface area contributed by atoms with Crippen LogP contribution in [0.5, 0.6) is 0 Å². The third-order valence-corrected chi connectivity index (χ3v) is 2.66. The molecular weight excluding hydrogens is 182 g/mol. The minimum Gasteiger partial charge on any atom is -0.265 e. The van der Waals surface area contributed by atoms with Crippen molar-refractivity contribution in [1.82, 2.24) is 4.98 Å². The minimum atomic E-state index is 0.551. The maximum absolute atomic E-state index is 4.03.